The molecule has 0 bridgehead atoms. The quantitative estimate of drug-likeness (QED) is 0.764. The minimum atomic E-state index is 0.866. The van der Waals surface area contributed by atoms with Crippen molar-refractivity contribution < 1.29 is 4.74 Å². The molecule has 0 spiro atoms. The SMILES string of the molecule is COc1ccc(Br)c(C)c1Br. The molecule has 0 aliphatic carbocycles. The molecule has 1 aromatic carbocycles. The third-order valence-corrected chi connectivity index (χ3v) is 3.35. The third kappa shape index (κ3) is 1.76. The van der Waals surface area contributed by atoms with E-state index in [-0.39, 0.29) is 0 Å². The van der Waals surface area contributed by atoms with Crippen molar-refractivity contribution in [3.05, 3.63) is 26.6 Å². The van der Waals surface area contributed by atoms with Crippen LogP contribution in [0.25, 0.3) is 0 Å². The highest BCUT2D eigenvalue weighted by molar-refractivity contribution is 9.11. The lowest BCUT2D eigenvalue weighted by Gasteiger charge is -2.06. The third-order valence-electron chi connectivity index (χ3n) is 1.50. The van der Waals surface area contributed by atoms with E-state index in [1.165, 1.54) is 0 Å². The molecule has 0 aliphatic heterocycles. The van der Waals surface area contributed by atoms with Crippen molar-refractivity contribution >= 4 is 31.9 Å². The fourth-order valence-electron chi connectivity index (χ4n) is 0.794. The summed E-state index contributed by atoms with van der Waals surface area (Å²) in [5, 5.41) is 0. The summed E-state index contributed by atoms with van der Waals surface area (Å²) >= 11 is 6.86. The predicted octanol–water partition coefficient (Wildman–Crippen LogP) is 3.53. The summed E-state index contributed by atoms with van der Waals surface area (Å²) in [7, 11) is 1.66. The van der Waals surface area contributed by atoms with E-state index in [0.29, 0.717) is 0 Å². The molecule has 0 heterocycles. The van der Waals surface area contributed by atoms with Crippen molar-refractivity contribution in [3.63, 3.8) is 0 Å². The van der Waals surface area contributed by atoms with Crippen LogP contribution in [0.5, 0.6) is 5.75 Å². The van der Waals surface area contributed by atoms with Gasteiger partial charge in [0.15, 0.2) is 0 Å². The molecule has 0 unspecified atom stereocenters. The Bertz CT molecular complexity index is 271. The van der Waals surface area contributed by atoms with Crippen molar-refractivity contribution in [3.8, 4) is 5.75 Å². The van der Waals surface area contributed by atoms with Crippen LogP contribution >= 0.6 is 31.9 Å². The fourth-order valence-corrected chi connectivity index (χ4v) is 1.90. The van der Waals surface area contributed by atoms with E-state index in [0.717, 1.165) is 20.3 Å². The van der Waals surface area contributed by atoms with Crippen LogP contribution in [-0.4, -0.2) is 7.11 Å². The van der Waals surface area contributed by atoms with Gasteiger partial charge in [-0.3, -0.25) is 0 Å². The van der Waals surface area contributed by atoms with Crippen molar-refractivity contribution in [2.45, 2.75) is 6.92 Å². The van der Waals surface area contributed by atoms with E-state index in [1.54, 1.807) is 7.11 Å². The molecular formula is C8H8Br2O. The average molecular weight is 280 g/mol. The van der Waals surface area contributed by atoms with Crippen LogP contribution in [-0.2, 0) is 0 Å². The van der Waals surface area contributed by atoms with Crippen LogP contribution in [0.15, 0.2) is 21.1 Å². The van der Waals surface area contributed by atoms with Gasteiger partial charge in [0.2, 0.25) is 0 Å². The summed E-state index contributed by atoms with van der Waals surface area (Å²) in [4.78, 5) is 0. The molecule has 11 heavy (non-hydrogen) atoms. The average Bonchev–Trinajstić information content (AvgIpc) is 2.01. The molecule has 0 aromatic heterocycles. The van der Waals surface area contributed by atoms with Gasteiger partial charge in [0, 0.05) is 4.47 Å². The van der Waals surface area contributed by atoms with Crippen molar-refractivity contribution in [2.75, 3.05) is 7.11 Å². The molecule has 1 aromatic rings. The van der Waals surface area contributed by atoms with Gasteiger partial charge in [-0.25, -0.2) is 0 Å². The number of hydrogen-bond acceptors (Lipinski definition) is 1. The number of benzene rings is 1. The van der Waals surface area contributed by atoms with Gasteiger partial charge in [-0.2, -0.15) is 0 Å². The molecule has 0 fully saturated rings. The first-order valence-electron chi connectivity index (χ1n) is 3.15. The Morgan fingerprint density at radius 3 is 2.45 bits per heavy atom. The normalized spacial score (nSPS) is 9.82. The van der Waals surface area contributed by atoms with Crippen LogP contribution < -0.4 is 4.74 Å². The monoisotopic (exact) mass is 278 g/mol. The first-order valence-corrected chi connectivity index (χ1v) is 4.74. The Kier molecular flexibility index (Phi) is 2.96. The van der Waals surface area contributed by atoms with Crippen LogP contribution in [0.4, 0.5) is 0 Å². The molecule has 1 rings (SSSR count). The maximum absolute atomic E-state index is 5.11. The molecule has 60 valence electrons. The molecule has 0 saturated carbocycles. The second-order valence-electron chi connectivity index (χ2n) is 2.19. The van der Waals surface area contributed by atoms with E-state index in [2.05, 4.69) is 31.9 Å². The molecule has 0 radical (unpaired) electrons. The summed E-state index contributed by atoms with van der Waals surface area (Å²) in [5.41, 5.74) is 1.16. The lowest BCUT2D eigenvalue weighted by molar-refractivity contribution is 0.411. The second-order valence-corrected chi connectivity index (χ2v) is 3.84. The zero-order valence-corrected chi connectivity index (χ0v) is 9.49. The van der Waals surface area contributed by atoms with Gasteiger partial charge in [-0.05, 0) is 40.5 Å². The van der Waals surface area contributed by atoms with E-state index in [4.69, 9.17) is 4.74 Å². The van der Waals surface area contributed by atoms with E-state index in [1.807, 2.05) is 19.1 Å². The Morgan fingerprint density at radius 1 is 1.27 bits per heavy atom. The molecule has 3 heteroatoms. The molecule has 0 N–H and O–H groups in total. The smallest absolute Gasteiger partial charge is 0.133 e. The highest BCUT2D eigenvalue weighted by Crippen LogP contribution is 2.32. The first kappa shape index (κ1) is 9.07. The minimum Gasteiger partial charge on any atom is -0.496 e. The highest BCUT2D eigenvalue weighted by atomic mass is 79.9. The summed E-state index contributed by atoms with van der Waals surface area (Å²) in [6, 6.07) is 3.89. The predicted molar refractivity (Wildman–Crippen MR) is 53.1 cm³/mol. The van der Waals surface area contributed by atoms with Gasteiger partial charge in [0.1, 0.15) is 5.75 Å². The number of hydrogen-bond donors (Lipinski definition) is 0. The summed E-state index contributed by atoms with van der Waals surface area (Å²) < 4.78 is 7.21. The Hall–Kier alpha value is -0.0200. The van der Waals surface area contributed by atoms with Gasteiger partial charge >= 0.3 is 0 Å². The summed E-state index contributed by atoms with van der Waals surface area (Å²) in [6.45, 7) is 2.02. The van der Waals surface area contributed by atoms with Crippen molar-refractivity contribution in [1.82, 2.24) is 0 Å². The van der Waals surface area contributed by atoms with Gasteiger partial charge in [-0.15, -0.1) is 0 Å². The summed E-state index contributed by atoms with van der Waals surface area (Å²) in [6.07, 6.45) is 0. The van der Waals surface area contributed by atoms with Crippen LogP contribution in [0, 0.1) is 6.92 Å². The maximum Gasteiger partial charge on any atom is 0.133 e. The molecule has 0 saturated heterocycles. The van der Waals surface area contributed by atoms with Gasteiger partial charge in [-0.1, -0.05) is 15.9 Å². The zero-order chi connectivity index (χ0) is 8.43. The van der Waals surface area contributed by atoms with Crippen molar-refractivity contribution in [2.24, 2.45) is 0 Å². The Labute approximate surface area is 83.0 Å². The highest BCUT2D eigenvalue weighted by Gasteiger charge is 2.04. The number of methoxy groups -OCH3 is 1. The van der Waals surface area contributed by atoms with E-state index < -0.39 is 0 Å². The van der Waals surface area contributed by atoms with Crippen molar-refractivity contribution in [1.29, 1.82) is 0 Å². The van der Waals surface area contributed by atoms with Crippen LogP contribution in [0.1, 0.15) is 5.56 Å². The Balaban J connectivity index is 3.25. The van der Waals surface area contributed by atoms with Crippen LogP contribution in [0.3, 0.4) is 0 Å². The number of rotatable bonds is 1. The zero-order valence-electron chi connectivity index (χ0n) is 6.32. The molecule has 0 amide bonds. The largest absolute Gasteiger partial charge is 0.496 e. The maximum atomic E-state index is 5.11. The lowest BCUT2D eigenvalue weighted by atomic mass is 10.2. The minimum absolute atomic E-state index is 0.866. The first-order chi connectivity index (χ1) is 5.16. The molecule has 0 aliphatic rings. The molecule has 1 nitrogen and oxygen atoms in total. The summed E-state index contributed by atoms with van der Waals surface area (Å²) in [5.74, 6) is 0.866. The van der Waals surface area contributed by atoms with E-state index in [9.17, 15) is 0 Å². The fraction of sp³-hybridized carbons (Fsp3) is 0.250. The molecule has 0 atom stereocenters. The van der Waals surface area contributed by atoms with Gasteiger partial charge < -0.3 is 4.74 Å². The second kappa shape index (κ2) is 3.59. The molecular weight excluding hydrogens is 272 g/mol. The Morgan fingerprint density at radius 2 is 1.91 bits per heavy atom. The van der Waals surface area contributed by atoms with E-state index >= 15 is 0 Å². The topological polar surface area (TPSA) is 9.23 Å². The van der Waals surface area contributed by atoms with Gasteiger partial charge in [0.25, 0.3) is 0 Å². The van der Waals surface area contributed by atoms with Gasteiger partial charge in [0.05, 0.1) is 11.6 Å². The number of ether oxygens (including phenoxy) is 1. The number of halogens is 2. The van der Waals surface area contributed by atoms with Crippen LogP contribution in [0.2, 0.25) is 0 Å². The lowest BCUT2D eigenvalue weighted by Crippen LogP contribution is -1.86. The standard InChI is InChI=1S/C8H8Br2O/c1-5-6(9)3-4-7(11-2)8(5)10/h3-4H,1-2H3.